The molecule has 4 aliphatic rings. The Hall–Kier alpha value is -1.62. The predicted molar refractivity (Wildman–Crippen MR) is 99.5 cm³/mol. The fraction of sp³-hybridized carbons (Fsp3) is 0.727. The monoisotopic (exact) mass is 374 g/mol. The van der Waals surface area contributed by atoms with E-state index in [0.29, 0.717) is 19.3 Å². The fourth-order valence-corrected chi connectivity index (χ4v) is 7.10. The van der Waals surface area contributed by atoms with Gasteiger partial charge < -0.3 is 14.6 Å². The van der Waals surface area contributed by atoms with Gasteiger partial charge in [-0.2, -0.15) is 0 Å². The second-order valence-corrected chi connectivity index (χ2v) is 9.38. The quantitative estimate of drug-likeness (QED) is 0.594. The SMILES string of the molecule is C=C[C@@H]1C(=C)CC[C@H]2[C@H]1C[C@H]1OC(=O)[C@@]3(C)[C@H](OC(C)=O)CC[C@@]2(C)[C@@]13O. The summed E-state index contributed by atoms with van der Waals surface area (Å²) in [4.78, 5) is 24.7. The van der Waals surface area contributed by atoms with Crippen molar-refractivity contribution < 1.29 is 24.2 Å². The molecule has 0 aromatic heterocycles. The molecule has 5 nitrogen and oxygen atoms in total. The molecule has 5 heteroatoms. The number of aliphatic hydroxyl groups is 1. The molecule has 1 N–H and O–H groups in total. The van der Waals surface area contributed by atoms with E-state index in [9.17, 15) is 14.7 Å². The highest BCUT2D eigenvalue weighted by molar-refractivity contribution is 5.83. The maximum Gasteiger partial charge on any atom is 0.319 e. The Morgan fingerprint density at radius 1 is 1.37 bits per heavy atom. The van der Waals surface area contributed by atoms with Crippen LogP contribution in [0.25, 0.3) is 0 Å². The summed E-state index contributed by atoms with van der Waals surface area (Å²) < 4.78 is 11.3. The van der Waals surface area contributed by atoms with E-state index in [1.165, 1.54) is 12.5 Å². The summed E-state index contributed by atoms with van der Waals surface area (Å²) in [6.45, 7) is 13.4. The van der Waals surface area contributed by atoms with Crippen LogP contribution in [0.2, 0.25) is 0 Å². The van der Waals surface area contributed by atoms with E-state index in [4.69, 9.17) is 9.47 Å². The van der Waals surface area contributed by atoms with Crippen molar-refractivity contribution in [3.05, 3.63) is 24.8 Å². The van der Waals surface area contributed by atoms with E-state index in [2.05, 4.69) is 20.1 Å². The molecular weight excluding hydrogens is 344 g/mol. The van der Waals surface area contributed by atoms with E-state index in [0.717, 1.165) is 12.8 Å². The van der Waals surface area contributed by atoms with Gasteiger partial charge in [0, 0.05) is 18.3 Å². The summed E-state index contributed by atoms with van der Waals surface area (Å²) >= 11 is 0. The maximum atomic E-state index is 13.0. The van der Waals surface area contributed by atoms with Crippen LogP contribution in [-0.2, 0) is 19.1 Å². The molecule has 8 atom stereocenters. The number of ether oxygens (including phenoxy) is 2. The number of hydrogen-bond acceptors (Lipinski definition) is 5. The summed E-state index contributed by atoms with van der Waals surface area (Å²) in [6, 6.07) is 0. The molecule has 0 aromatic carbocycles. The van der Waals surface area contributed by atoms with Crippen LogP contribution in [0.15, 0.2) is 24.8 Å². The standard InChI is InChI=1S/C22H30O5/c1-6-14-12(2)7-8-16-15(14)11-18-22(25)20(16,4)10-9-17(26-13(3)23)21(22,5)19(24)27-18/h6,14-18,25H,1-2,7-11H2,3-5H3/t14-,15+,16+,17-,18-,20-,21-,22+/m1/s1. The van der Waals surface area contributed by atoms with Gasteiger partial charge in [-0.1, -0.05) is 25.2 Å². The van der Waals surface area contributed by atoms with Crippen LogP contribution in [0.3, 0.4) is 0 Å². The number of allylic oxidation sites excluding steroid dienone is 2. The largest absolute Gasteiger partial charge is 0.461 e. The second-order valence-electron chi connectivity index (χ2n) is 9.38. The van der Waals surface area contributed by atoms with Crippen LogP contribution in [0.5, 0.6) is 0 Å². The normalized spacial score (nSPS) is 51.0. The first-order chi connectivity index (χ1) is 12.6. The van der Waals surface area contributed by atoms with E-state index in [1.54, 1.807) is 6.92 Å². The smallest absolute Gasteiger partial charge is 0.319 e. The summed E-state index contributed by atoms with van der Waals surface area (Å²) in [6.07, 6.45) is 4.42. The Kier molecular flexibility index (Phi) is 3.95. The molecule has 4 rings (SSSR count). The minimum atomic E-state index is -1.35. The van der Waals surface area contributed by atoms with Gasteiger partial charge >= 0.3 is 11.9 Å². The zero-order chi connectivity index (χ0) is 19.8. The fourth-order valence-electron chi connectivity index (χ4n) is 7.10. The molecule has 1 saturated heterocycles. The molecule has 27 heavy (non-hydrogen) atoms. The molecular formula is C22H30O5. The van der Waals surface area contributed by atoms with Crippen LogP contribution < -0.4 is 0 Å². The van der Waals surface area contributed by atoms with Gasteiger partial charge in [-0.15, -0.1) is 6.58 Å². The van der Waals surface area contributed by atoms with Crippen LogP contribution in [-0.4, -0.2) is 34.9 Å². The lowest BCUT2D eigenvalue weighted by atomic mass is 9.40. The summed E-state index contributed by atoms with van der Waals surface area (Å²) in [7, 11) is 0. The molecule has 0 aromatic rings. The molecule has 0 radical (unpaired) electrons. The van der Waals surface area contributed by atoms with E-state index in [-0.39, 0.29) is 17.8 Å². The Balaban J connectivity index is 1.83. The molecule has 0 unspecified atom stereocenters. The van der Waals surface area contributed by atoms with Crippen molar-refractivity contribution in [2.45, 2.75) is 70.7 Å². The first kappa shape index (κ1) is 18.7. The number of rotatable bonds is 2. The highest BCUT2D eigenvalue weighted by Crippen LogP contribution is 2.70. The number of hydrogen-bond donors (Lipinski definition) is 1. The Morgan fingerprint density at radius 3 is 2.70 bits per heavy atom. The predicted octanol–water partition coefficient (Wildman–Crippen LogP) is 3.17. The number of esters is 2. The van der Waals surface area contributed by atoms with E-state index in [1.807, 2.05) is 6.08 Å². The lowest BCUT2D eigenvalue weighted by Gasteiger charge is -2.65. The molecule has 3 aliphatic carbocycles. The van der Waals surface area contributed by atoms with E-state index < -0.39 is 40.6 Å². The molecule has 1 aliphatic heterocycles. The van der Waals surface area contributed by atoms with Gasteiger partial charge in [-0.05, 0) is 50.9 Å². The number of carbonyl (C=O) groups is 2. The lowest BCUT2D eigenvalue weighted by molar-refractivity contribution is -0.270. The van der Waals surface area contributed by atoms with Crippen LogP contribution in [0, 0.1) is 28.6 Å². The summed E-state index contributed by atoms with van der Waals surface area (Å²) in [5.41, 5.74) is -1.89. The molecule has 0 bridgehead atoms. The van der Waals surface area contributed by atoms with Gasteiger partial charge in [0.1, 0.15) is 23.2 Å². The molecule has 0 spiro atoms. The molecule has 1 heterocycles. The Morgan fingerprint density at radius 2 is 2.07 bits per heavy atom. The average Bonchev–Trinajstić information content (AvgIpc) is 2.80. The van der Waals surface area contributed by atoms with Crippen molar-refractivity contribution in [2.75, 3.05) is 0 Å². The molecule has 148 valence electrons. The van der Waals surface area contributed by atoms with Gasteiger partial charge in [-0.25, -0.2) is 0 Å². The molecule has 3 saturated carbocycles. The lowest BCUT2D eigenvalue weighted by Crippen LogP contribution is -2.73. The summed E-state index contributed by atoms with van der Waals surface area (Å²) in [5, 5.41) is 12.1. The van der Waals surface area contributed by atoms with Crippen molar-refractivity contribution in [1.82, 2.24) is 0 Å². The number of carbonyl (C=O) groups excluding carboxylic acids is 2. The van der Waals surface area contributed by atoms with Gasteiger partial charge in [0.15, 0.2) is 0 Å². The third kappa shape index (κ3) is 2.04. The number of fused-ring (bicyclic) bond motifs is 2. The first-order valence-electron chi connectivity index (χ1n) is 10.0. The Bertz CT molecular complexity index is 728. The van der Waals surface area contributed by atoms with Crippen molar-refractivity contribution in [3.63, 3.8) is 0 Å². The third-order valence-electron chi connectivity index (χ3n) is 8.46. The second kappa shape index (κ2) is 5.69. The van der Waals surface area contributed by atoms with Gasteiger partial charge in [0.25, 0.3) is 0 Å². The van der Waals surface area contributed by atoms with Crippen LogP contribution >= 0.6 is 0 Å². The summed E-state index contributed by atoms with van der Waals surface area (Å²) in [5.74, 6) is -0.181. The van der Waals surface area contributed by atoms with Crippen molar-refractivity contribution in [3.8, 4) is 0 Å². The van der Waals surface area contributed by atoms with E-state index >= 15 is 0 Å². The van der Waals surface area contributed by atoms with Crippen LogP contribution in [0.4, 0.5) is 0 Å². The zero-order valence-corrected chi connectivity index (χ0v) is 16.5. The minimum absolute atomic E-state index is 0.182. The Labute approximate surface area is 160 Å². The third-order valence-corrected chi connectivity index (χ3v) is 8.46. The van der Waals surface area contributed by atoms with Crippen molar-refractivity contribution in [1.29, 1.82) is 0 Å². The highest BCUT2D eigenvalue weighted by Gasteiger charge is 2.80. The van der Waals surface area contributed by atoms with Gasteiger partial charge in [0.05, 0.1) is 0 Å². The minimum Gasteiger partial charge on any atom is -0.461 e. The van der Waals surface area contributed by atoms with Crippen molar-refractivity contribution >= 4 is 11.9 Å². The average molecular weight is 374 g/mol. The topological polar surface area (TPSA) is 72.8 Å². The van der Waals surface area contributed by atoms with Gasteiger partial charge in [0.2, 0.25) is 0 Å². The van der Waals surface area contributed by atoms with Crippen molar-refractivity contribution in [2.24, 2.45) is 28.6 Å². The van der Waals surface area contributed by atoms with Gasteiger partial charge in [-0.3, -0.25) is 9.59 Å². The van der Waals surface area contributed by atoms with Crippen LogP contribution in [0.1, 0.15) is 52.9 Å². The molecule has 0 amide bonds. The maximum absolute atomic E-state index is 13.0. The molecule has 4 fully saturated rings. The zero-order valence-electron chi connectivity index (χ0n) is 16.5. The first-order valence-corrected chi connectivity index (χ1v) is 10.0. The highest BCUT2D eigenvalue weighted by atomic mass is 16.6.